The van der Waals surface area contributed by atoms with Gasteiger partial charge < -0.3 is 4.74 Å². The topological polar surface area (TPSA) is 9.23 Å². The molecule has 1 aliphatic rings. The van der Waals surface area contributed by atoms with Gasteiger partial charge in [0.25, 0.3) is 0 Å². The van der Waals surface area contributed by atoms with Crippen LogP contribution in [0, 0.1) is 0 Å². The van der Waals surface area contributed by atoms with Gasteiger partial charge in [0.1, 0.15) is 6.10 Å². The molecule has 24 heavy (non-hydrogen) atoms. The van der Waals surface area contributed by atoms with Gasteiger partial charge in [0, 0.05) is 0 Å². The molecule has 0 aliphatic carbocycles. The molecular weight excluding hydrogens is 292 g/mol. The fourth-order valence-electron chi connectivity index (χ4n) is 3.62. The Balaban J connectivity index is 1.69. The molecule has 0 N–H and O–H groups in total. The lowest BCUT2D eigenvalue weighted by atomic mass is 9.90. The second kappa shape index (κ2) is 6.62. The Morgan fingerprint density at radius 3 is 2.38 bits per heavy atom. The number of allylic oxidation sites excluding steroid dienone is 1. The maximum absolute atomic E-state index is 6.54. The first kappa shape index (κ1) is 15.2. The molecule has 1 heteroatoms. The summed E-state index contributed by atoms with van der Waals surface area (Å²) in [7, 11) is 0. The van der Waals surface area contributed by atoms with Crippen LogP contribution in [0.25, 0.3) is 10.8 Å². The summed E-state index contributed by atoms with van der Waals surface area (Å²) in [5, 5.41) is 2.55. The van der Waals surface area contributed by atoms with Crippen molar-refractivity contribution in [1.29, 1.82) is 0 Å². The quantitative estimate of drug-likeness (QED) is 0.499. The highest BCUT2D eigenvalue weighted by molar-refractivity contribution is 5.83. The summed E-state index contributed by atoms with van der Waals surface area (Å²) in [6, 6.07) is 25.8. The van der Waals surface area contributed by atoms with Crippen molar-refractivity contribution in [2.75, 3.05) is 0 Å². The minimum absolute atomic E-state index is 0.0542. The third kappa shape index (κ3) is 2.88. The highest BCUT2D eigenvalue weighted by Gasteiger charge is 2.28. The Labute approximate surface area is 143 Å². The third-order valence-corrected chi connectivity index (χ3v) is 4.95. The molecule has 3 aromatic rings. The Bertz CT molecular complexity index is 863. The van der Waals surface area contributed by atoms with E-state index in [9.17, 15) is 0 Å². The summed E-state index contributed by atoms with van der Waals surface area (Å²) < 4.78 is 6.54. The summed E-state index contributed by atoms with van der Waals surface area (Å²) in [4.78, 5) is 0. The molecule has 0 spiro atoms. The zero-order valence-corrected chi connectivity index (χ0v) is 14.0. The molecule has 1 nitrogen and oxygen atoms in total. The zero-order valence-electron chi connectivity index (χ0n) is 14.0. The van der Waals surface area contributed by atoms with E-state index in [0.29, 0.717) is 0 Å². The predicted molar refractivity (Wildman–Crippen MR) is 99.9 cm³/mol. The van der Waals surface area contributed by atoms with Crippen molar-refractivity contribution < 1.29 is 4.74 Å². The molecule has 0 saturated carbocycles. The number of fused-ring (bicyclic) bond motifs is 1. The van der Waals surface area contributed by atoms with E-state index in [0.717, 1.165) is 12.8 Å². The molecule has 4 rings (SSSR count). The average Bonchev–Trinajstić information content (AvgIpc) is 2.68. The van der Waals surface area contributed by atoms with Gasteiger partial charge in [0.2, 0.25) is 0 Å². The maximum atomic E-state index is 6.54. The molecular formula is C23H22O. The monoisotopic (exact) mass is 314 g/mol. The molecule has 1 heterocycles. The van der Waals surface area contributed by atoms with Crippen molar-refractivity contribution >= 4 is 10.8 Å². The Kier molecular flexibility index (Phi) is 4.18. The van der Waals surface area contributed by atoms with E-state index in [4.69, 9.17) is 4.74 Å². The standard InChI is InChI=1S/C23H22O/c1-2-17-14-15-22(19-9-4-3-5-10-19)24-23(17)21-13-12-18-8-6-7-11-20(18)16-21/h2-13,16,22-23H,14-15H2,1H3/b17-2+. The maximum Gasteiger partial charge on any atom is 0.104 e. The molecule has 2 atom stereocenters. The lowest BCUT2D eigenvalue weighted by Crippen LogP contribution is -2.18. The Morgan fingerprint density at radius 1 is 0.833 bits per heavy atom. The lowest BCUT2D eigenvalue weighted by molar-refractivity contribution is -0.0222. The normalized spacial score (nSPS) is 22.8. The van der Waals surface area contributed by atoms with Gasteiger partial charge in [-0.3, -0.25) is 0 Å². The van der Waals surface area contributed by atoms with Gasteiger partial charge in [0.05, 0.1) is 6.10 Å². The van der Waals surface area contributed by atoms with Crippen LogP contribution in [0.1, 0.15) is 43.1 Å². The van der Waals surface area contributed by atoms with Crippen LogP contribution in [-0.4, -0.2) is 0 Å². The van der Waals surface area contributed by atoms with Crippen LogP contribution in [0.2, 0.25) is 0 Å². The van der Waals surface area contributed by atoms with Crippen molar-refractivity contribution in [2.45, 2.75) is 32.0 Å². The van der Waals surface area contributed by atoms with E-state index >= 15 is 0 Å². The zero-order chi connectivity index (χ0) is 16.4. The third-order valence-electron chi connectivity index (χ3n) is 4.95. The van der Waals surface area contributed by atoms with Crippen LogP contribution in [0.5, 0.6) is 0 Å². The number of benzene rings is 3. The average molecular weight is 314 g/mol. The SMILES string of the molecule is C/C=C1\CCC(c2ccccc2)OC1c1ccc2ccccc2c1. The van der Waals surface area contributed by atoms with Gasteiger partial charge in [-0.1, -0.05) is 72.8 Å². The molecule has 0 radical (unpaired) electrons. The first-order chi connectivity index (χ1) is 11.8. The smallest absolute Gasteiger partial charge is 0.104 e. The minimum atomic E-state index is 0.0542. The van der Waals surface area contributed by atoms with Crippen molar-refractivity contribution in [2.24, 2.45) is 0 Å². The van der Waals surface area contributed by atoms with Gasteiger partial charge in [0.15, 0.2) is 0 Å². The first-order valence-corrected chi connectivity index (χ1v) is 8.69. The Hall–Kier alpha value is -2.38. The highest BCUT2D eigenvalue weighted by atomic mass is 16.5. The van der Waals surface area contributed by atoms with Crippen LogP contribution in [0.4, 0.5) is 0 Å². The summed E-state index contributed by atoms with van der Waals surface area (Å²) in [6.45, 7) is 2.12. The molecule has 1 fully saturated rings. The summed E-state index contributed by atoms with van der Waals surface area (Å²) in [5.74, 6) is 0. The van der Waals surface area contributed by atoms with E-state index in [1.54, 1.807) is 0 Å². The lowest BCUT2D eigenvalue weighted by Gasteiger charge is -2.33. The van der Waals surface area contributed by atoms with E-state index < -0.39 is 0 Å². The largest absolute Gasteiger partial charge is 0.361 e. The van der Waals surface area contributed by atoms with Crippen molar-refractivity contribution in [1.82, 2.24) is 0 Å². The second-order valence-corrected chi connectivity index (χ2v) is 6.42. The van der Waals surface area contributed by atoms with Gasteiger partial charge in [-0.2, -0.15) is 0 Å². The molecule has 1 aliphatic heterocycles. The molecule has 2 unspecified atom stereocenters. The highest BCUT2D eigenvalue weighted by Crippen LogP contribution is 2.42. The molecule has 120 valence electrons. The summed E-state index contributed by atoms with van der Waals surface area (Å²) in [5.41, 5.74) is 3.92. The molecule has 0 aromatic heterocycles. The second-order valence-electron chi connectivity index (χ2n) is 6.42. The van der Waals surface area contributed by atoms with Crippen molar-refractivity contribution in [3.63, 3.8) is 0 Å². The summed E-state index contributed by atoms with van der Waals surface area (Å²) in [6.07, 6.45) is 4.59. The van der Waals surface area contributed by atoms with E-state index in [1.165, 1.54) is 27.5 Å². The van der Waals surface area contributed by atoms with E-state index in [1.807, 2.05) is 0 Å². The van der Waals surface area contributed by atoms with Crippen molar-refractivity contribution in [3.05, 3.63) is 95.6 Å². The molecule has 0 amide bonds. The van der Waals surface area contributed by atoms with E-state index in [2.05, 4.69) is 85.8 Å². The first-order valence-electron chi connectivity index (χ1n) is 8.69. The molecule has 1 saturated heterocycles. The number of hydrogen-bond acceptors (Lipinski definition) is 1. The van der Waals surface area contributed by atoms with Gasteiger partial charge in [-0.15, -0.1) is 0 Å². The van der Waals surface area contributed by atoms with Crippen LogP contribution in [0.15, 0.2) is 84.4 Å². The van der Waals surface area contributed by atoms with Crippen molar-refractivity contribution in [3.8, 4) is 0 Å². The minimum Gasteiger partial charge on any atom is -0.361 e. The van der Waals surface area contributed by atoms with Gasteiger partial charge in [-0.05, 0) is 53.3 Å². The fraction of sp³-hybridized carbons (Fsp3) is 0.217. The number of rotatable bonds is 2. The van der Waals surface area contributed by atoms with Gasteiger partial charge >= 0.3 is 0 Å². The number of ether oxygens (including phenoxy) is 1. The fourth-order valence-corrected chi connectivity index (χ4v) is 3.62. The van der Waals surface area contributed by atoms with Crippen LogP contribution < -0.4 is 0 Å². The van der Waals surface area contributed by atoms with Gasteiger partial charge in [-0.25, -0.2) is 0 Å². The van der Waals surface area contributed by atoms with Crippen LogP contribution in [-0.2, 0) is 4.74 Å². The van der Waals surface area contributed by atoms with E-state index in [-0.39, 0.29) is 12.2 Å². The number of hydrogen-bond donors (Lipinski definition) is 0. The Morgan fingerprint density at radius 2 is 1.58 bits per heavy atom. The predicted octanol–water partition coefficient (Wildman–Crippen LogP) is 6.38. The van der Waals surface area contributed by atoms with Crippen LogP contribution in [0.3, 0.4) is 0 Å². The molecule has 3 aromatic carbocycles. The molecule has 0 bridgehead atoms. The summed E-state index contributed by atoms with van der Waals surface area (Å²) >= 11 is 0. The van der Waals surface area contributed by atoms with Crippen LogP contribution >= 0.6 is 0 Å².